The molecular weight excluding hydrogens is 426 g/mol. The lowest BCUT2D eigenvalue weighted by Gasteiger charge is -2.30. The van der Waals surface area contributed by atoms with Crippen LogP contribution in [0, 0.1) is 0 Å². The smallest absolute Gasteiger partial charge is 0.247 e. The van der Waals surface area contributed by atoms with E-state index in [9.17, 15) is 18.4 Å². The van der Waals surface area contributed by atoms with Crippen LogP contribution in [0.4, 0.5) is 5.69 Å². The summed E-state index contributed by atoms with van der Waals surface area (Å²) < 4.78 is 35.8. The van der Waals surface area contributed by atoms with Gasteiger partial charge in [0.25, 0.3) is 0 Å². The number of anilines is 1. The van der Waals surface area contributed by atoms with Crippen LogP contribution in [0.2, 0.25) is 0 Å². The first kappa shape index (κ1) is 22.1. The molecule has 1 heterocycles. The fourth-order valence-electron chi connectivity index (χ4n) is 2.86. The van der Waals surface area contributed by atoms with Gasteiger partial charge >= 0.3 is 0 Å². The van der Waals surface area contributed by atoms with Crippen LogP contribution in [0.1, 0.15) is 36.5 Å². The van der Waals surface area contributed by atoms with Crippen LogP contribution in [-0.2, 0) is 25.5 Å². The molecule has 1 aromatic rings. The van der Waals surface area contributed by atoms with Gasteiger partial charge in [0, 0.05) is 18.9 Å². The van der Waals surface area contributed by atoms with Crippen molar-refractivity contribution in [3.8, 4) is 0 Å². The minimum absolute atomic E-state index is 0.000929. The Hall–Kier alpha value is -2.62. The quantitative estimate of drug-likeness (QED) is 0.438. The van der Waals surface area contributed by atoms with Crippen LogP contribution < -0.4 is 4.31 Å². The molecule has 1 atom stereocenters. The van der Waals surface area contributed by atoms with Crippen LogP contribution in [0.25, 0.3) is 0 Å². The Labute approximate surface area is 181 Å². The minimum atomic E-state index is -2.68. The molecule has 1 aromatic carbocycles. The zero-order valence-electron chi connectivity index (χ0n) is 16.2. The molecule has 30 heavy (non-hydrogen) atoms. The van der Waals surface area contributed by atoms with E-state index in [4.69, 9.17) is 9.47 Å². The molecule has 0 radical (unpaired) electrons. The molecule has 0 saturated heterocycles. The number of ketones is 1. The first-order chi connectivity index (χ1) is 14.4. The number of ether oxygens (including phenoxy) is 2. The maximum Gasteiger partial charge on any atom is 0.247 e. The molecule has 1 aliphatic carbocycles. The van der Waals surface area contributed by atoms with E-state index in [0.717, 1.165) is 34.5 Å². The molecule has 3 rings (SSSR count). The summed E-state index contributed by atoms with van der Waals surface area (Å²) in [5, 5.41) is -0.141. The fraction of sp³-hybridized carbons (Fsp3) is 0.238. The summed E-state index contributed by atoms with van der Waals surface area (Å²) in [5.74, 6) is 0.317. The first-order valence-electron chi connectivity index (χ1n) is 9.17. The maximum atomic E-state index is 12.1. The van der Waals surface area contributed by atoms with Gasteiger partial charge in [-0.2, -0.15) is 0 Å². The second-order valence-corrected chi connectivity index (χ2v) is 8.46. The van der Waals surface area contributed by atoms with Crippen LogP contribution in [-0.4, -0.2) is 25.4 Å². The van der Waals surface area contributed by atoms with E-state index in [1.54, 1.807) is 0 Å². The Morgan fingerprint density at radius 3 is 2.63 bits per heavy atom. The number of allylic oxidation sites excluding steroid dienone is 4. The predicted octanol–water partition coefficient (Wildman–Crippen LogP) is 4.10. The molecule has 0 aromatic heterocycles. The van der Waals surface area contributed by atoms with Gasteiger partial charge in [-0.25, -0.2) is 4.31 Å². The van der Waals surface area contributed by atoms with Gasteiger partial charge in [0.2, 0.25) is 5.88 Å². The third kappa shape index (κ3) is 5.94. The summed E-state index contributed by atoms with van der Waals surface area (Å²) in [4.78, 5) is 23.1. The Balaban J connectivity index is 1.71. The molecule has 7 nitrogen and oxygen atoms in total. The molecule has 2 aliphatic rings. The number of carbonyl (C=O) groups excluding carboxylic acids is 2. The van der Waals surface area contributed by atoms with E-state index < -0.39 is 11.3 Å². The molecule has 0 bridgehead atoms. The predicted molar refractivity (Wildman–Crippen MR) is 115 cm³/mol. The molecule has 1 aliphatic heterocycles. The highest BCUT2D eigenvalue weighted by Crippen LogP contribution is 2.29. The van der Waals surface area contributed by atoms with Gasteiger partial charge in [0.1, 0.15) is 12.0 Å². The van der Waals surface area contributed by atoms with Gasteiger partial charge in [-0.15, -0.1) is 0 Å². The number of hydrogen-bond donors (Lipinski definition) is 0. The Morgan fingerprint density at radius 1 is 1.23 bits per heavy atom. The lowest BCUT2D eigenvalue weighted by Crippen LogP contribution is -2.27. The number of thioether (sulfide) groups is 1. The SMILES string of the molecule is CC(=O)SCC(=O)c1ccc(N(C2=COC=C(CC3=CC=CCC3)O2)S(=O)[O-])cc1. The number of nitrogens with zero attached hydrogens (tertiary/aromatic N) is 1. The largest absolute Gasteiger partial charge is 0.755 e. The van der Waals surface area contributed by atoms with Crippen LogP contribution in [0.5, 0.6) is 0 Å². The Morgan fingerprint density at radius 2 is 2.00 bits per heavy atom. The Kier molecular flexibility index (Phi) is 7.67. The van der Waals surface area contributed by atoms with E-state index in [0.29, 0.717) is 17.7 Å². The molecular formula is C21H20NO6S2-. The van der Waals surface area contributed by atoms with E-state index in [1.165, 1.54) is 43.7 Å². The highest BCUT2D eigenvalue weighted by Gasteiger charge is 2.21. The maximum absolute atomic E-state index is 12.1. The fourth-order valence-corrected chi connectivity index (χ4v) is 3.88. The highest BCUT2D eigenvalue weighted by molar-refractivity contribution is 8.14. The van der Waals surface area contributed by atoms with Gasteiger partial charge in [-0.05, 0) is 37.1 Å². The summed E-state index contributed by atoms with van der Waals surface area (Å²) in [7, 11) is 0. The van der Waals surface area contributed by atoms with Gasteiger partial charge in [-0.3, -0.25) is 13.8 Å². The lowest BCUT2D eigenvalue weighted by atomic mass is 10.0. The van der Waals surface area contributed by atoms with Crippen molar-refractivity contribution >= 4 is 39.6 Å². The zero-order valence-corrected chi connectivity index (χ0v) is 17.9. The van der Waals surface area contributed by atoms with E-state index in [2.05, 4.69) is 6.08 Å². The second-order valence-electron chi connectivity index (χ2n) is 6.51. The van der Waals surface area contributed by atoms with Gasteiger partial charge in [-0.1, -0.05) is 35.6 Å². The molecule has 0 amide bonds. The monoisotopic (exact) mass is 446 g/mol. The van der Waals surface area contributed by atoms with Crippen molar-refractivity contribution in [2.75, 3.05) is 10.1 Å². The summed E-state index contributed by atoms with van der Waals surface area (Å²) >= 11 is -1.75. The highest BCUT2D eigenvalue weighted by atomic mass is 32.2. The van der Waals surface area contributed by atoms with Crippen LogP contribution in [0.3, 0.4) is 0 Å². The van der Waals surface area contributed by atoms with Crippen molar-refractivity contribution < 1.29 is 27.8 Å². The molecule has 0 spiro atoms. The van der Waals surface area contributed by atoms with Crippen LogP contribution in [0.15, 0.2) is 72.2 Å². The normalized spacial score (nSPS) is 16.4. The molecule has 158 valence electrons. The second kappa shape index (κ2) is 10.4. The Bertz CT molecular complexity index is 962. The number of rotatable bonds is 8. The van der Waals surface area contributed by atoms with Crippen molar-refractivity contribution in [1.82, 2.24) is 0 Å². The van der Waals surface area contributed by atoms with Crippen molar-refractivity contribution in [1.29, 1.82) is 0 Å². The lowest BCUT2D eigenvalue weighted by molar-refractivity contribution is -0.109. The summed E-state index contributed by atoms with van der Waals surface area (Å²) in [5.41, 5.74) is 1.83. The first-order valence-corrected chi connectivity index (χ1v) is 11.2. The van der Waals surface area contributed by atoms with Gasteiger partial charge in [0.05, 0.1) is 22.7 Å². The summed E-state index contributed by atoms with van der Waals surface area (Å²) in [6, 6.07) is 6.02. The van der Waals surface area contributed by atoms with Crippen molar-refractivity contribution in [3.63, 3.8) is 0 Å². The number of benzene rings is 1. The number of Topliss-reactive ketones (excluding diaryl/α,β-unsaturated/α-hetero) is 1. The average molecular weight is 447 g/mol. The molecule has 9 heteroatoms. The van der Waals surface area contributed by atoms with Crippen LogP contribution >= 0.6 is 11.8 Å². The third-order valence-electron chi connectivity index (χ3n) is 4.28. The standard InChI is InChI=1S/C21H21NO6S2/c1-15(23)29-14-20(24)17-7-9-18(10-8-17)22(30(25)26)21-13-27-12-19(28-21)11-16-5-3-2-4-6-16/h2-3,5,7-10,12-13H,4,6,11,14H2,1H3,(H,25,26)/p-1. The minimum Gasteiger partial charge on any atom is -0.755 e. The average Bonchev–Trinajstić information content (AvgIpc) is 2.73. The van der Waals surface area contributed by atoms with E-state index in [1.807, 2.05) is 12.2 Å². The van der Waals surface area contributed by atoms with Crippen molar-refractivity contribution in [3.05, 3.63) is 77.8 Å². The van der Waals surface area contributed by atoms with Gasteiger partial charge < -0.3 is 14.0 Å². The molecule has 0 saturated carbocycles. The van der Waals surface area contributed by atoms with E-state index in [-0.39, 0.29) is 28.2 Å². The molecule has 1 unspecified atom stereocenters. The number of carbonyl (C=O) groups is 2. The van der Waals surface area contributed by atoms with Crippen molar-refractivity contribution in [2.45, 2.75) is 26.2 Å². The summed E-state index contributed by atoms with van der Waals surface area (Å²) in [6.07, 6.45) is 11.1. The number of hydrogen-bond acceptors (Lipinski definition) is 7. The van der Waals surface area contributed by atoms with Crippen molar-refractivity contribution in [2.24, 2.45) is 0 Å². The molecule has 0 fully saturated rings. The van der Waals surface area contributed by atoms with Gasteiger partial charge in [0.15, 0.2) is 17.2 Å². The van der Waals surface area contributed by atoms with E-state index >= 15 is 0 Å². The molecule has 0 N–H and O–H groups in total. The topological polar surface area (TPSA) is 96.0 Å². The third-order valence-corrected chi connectivity index (χ3v) is 5.79. The summed E-state index contributed by atoms with van der Waals surface area (Å²) in [6.45, 7) is 1.40. The zero-order chi connectivity index (χ0) is 21.5.